The third kappa shape index (κ3) is 6.84. The van der Waals surface area contributed by atoms with Crippen LogP contribution < -0.4 is 4.90 Å². The highest BCUT2D eigenvalue weighted by molar-refractivity contribution is 7.94. The van der Waals surface area contributed by atoms with Crippen LogP contribution in [0.2, 0.25) is 0 Å². The fourth-order valence-electron chi connectivity index (χ4n) is 7.95. The molecule has 10 nitrogen and oxygen atoms in total. The minimum absolute atomic E-state index is 0.127. The van der Waals surface area contributed by atoms with Crippen molar-refractivity contribution in [3.63, 3.8) is 0 Å². The second-order valence-corrected chi connectivity index (χ2v) is 16.2. The van der Waals surface area contributed by atoms with E-state index in [-0.39, 0.29) is 16.7 Å². The smallest absolute Gasteiger partial charge is 0.303 e. The van der Waals surface area contributed by atoms with E-state index in [1.165, 1.54) is 17.7 Å². The summed E-state index contributed by atoms with van der Waals surface area (Å²) >= 11 is 0.924. The predicted molar refractivity (Wildman–Crippen MR) is 201 cm³/mol. The van der Waals surface area contributed by atoms with E-state index in [4.69, 9.17) is 10.4 Å². The molecule has 0 unspecified atom stereocenters. The van der Waals surface area contributed by atoms with Gasteiger partial charge in [0, 0.05) is 58.8 Å². The van der Waals surface area contributed by atoms with Crippen LogP contribution >= 0.6 is 12.0 Å². The summed E-state index contributed by atoms with van der Waals surface area (Å²) in [6.07, 6.45) is 8.91. The average molecular weight is 732 g/mol. The van der Waals surface area contributed by atoms with Crippen LogP contribution in [0.15, 0.2) is 94.4 Å². The Morgan fingerprint density at radius 3 is 2.33 bits per heavy atom. The molecular weight excluding hydrogens is 689 g/mol. The van der Waals surface area contributed by atoms with Gasteiger partial charge >= 0.3 is 5.97 Å². The number of carbonyl (C=O) groups is 1. The van der Waals surface area contributed by atoms with E-state index in [1.54, 1.807) is 6.07 Å². The van der Waals surface area contributed by atoms with Crippen molar-refractivity contribution >= 4 is 66.8 Å². The molecule has 0 saturated carbocycles. The highest BCUT2D eigenvalue weighted by Gasteiger charge is 2.46. The molecule has 0 saturated heterocycles. The van der Waals surface area contributed by atoms with Crippen LogP contribution in [0.5, 0.6) is 0 Å². The minimum Gasteiger partial charge on any atom is -0.481 e. The van der Waals surface area contributed by atoms with Crippen LogP contribution in [-0.2, 0) is 35.1 Å². The molecular formula is C39H43N2O8S2+. The van der Waals surface area contributed by atoms with E-state index >= 15 is 0 Å². The normalized spacial score (nSPS) is 17.3. The number of nitrogens with zero attached hydrogens (tertiary/aromatic N) is 2. The fraction of sp³-hybridized carbons (Fsp3) is 0.333. The lowest BCUT2D eigenvalue weighted by atomic mass is 9.79. The average Bonchev–Trinajstić information content (AvgIpc) is 3.44. The number of hydrogen-bond donors (Lipinski definition) is 3. The quantitative estimate of drug-likeness (QED) is 0.0305. The van der Waals surface area contributed by atoms with Gasteiger partial charge in [0.2, 0.25) is 5.69 Å². The lowest BCUT2D eigenvalue weighted by Gasteiger charge is -2.26. The van der Waals surface area contributed by atoms with Crippen molar-refractivity contribution in [2.75, 3.05) is 18.0 Å². The predicted octanol–water partition coefficient (Wildman–Crippen LogP) is 8.95. The lowest BCUT2D eigenvalue weighted by molar-refractivity contribution is -0.438. The second kappa shape index (κ2) is 14.2. The standard InChI is InChI=1S/C39H42N2O8S2/c1-6-40-31-20-15-26-24-28(51(45,46)47)17-19-30(26)36(31)38(2,3)33(40)11-10-12-34-39(4,5)37-29-18-16-27(50-49-48-44)23-25(29)14-21-32(37)41(34)22-9-7-8-13-35(42)43/h10-12,14-21,23-24H,6-9,13,22H2,1-5H3,(H2-,42,43,44,45,46,47)/p+1. The van der Waals surface area contributed by atoms with Crippen LogP contribution in [0.1, 0.15) is 71.4 Å². The molecule has 12 heteroatoms. The Balaban J connectivity index is 1.40. The largest absolute Gasteiger partial charge is 0.481 e. The van der Waals surface area contributed by atoms with Crippen LogP contribution in [-0.4, -0.2) is 52.7 Å². The molecule has 2 aliphatic rings. The Morgan fingerprint density at radius 2 is 1.63 bits per heavy atom. The van der Waals surface area contributed by atoms with Gasteiger partial charge in [-0.05, 0) is 103 Å². The van der Waals surface area contributed by atoms with Crippen molar-refractivity contribution < 1.29 is 42.1 Å². The summed E-state index contributed by atoms with van der Waals surface area (Å²) in [5.74, 6) is -0.778. The molecule has 0 spiro atoms. The zero-order valence-electron chi connectivity index (χ0n) is 29.3. The monoisotopic (exact) mass is 731 g/mol. The van der Waals surface area contributed by atoms with Gasteiger partial charge in [0.15, 0.2) is 5.71 Å². The van der Waals surface area contributed by atoms with Crippen molar-refractivity contribution in [3.05, 3.63) is 95.7 Å². The van der Waals surface area contributed by atoms with Crippen molar-refractivity contribution in [1.29, 1.82) is 0 Å². The first-order chi connectivity index (χ1) is 24.2. The van der Waals surface area contributed by atoms with Gasteiger partial charge in [-0.2, -0.15) is 13.0 Å². The molecule has 0 amide bonds. The highest BCUT2D eigenvalue weighted by atomic mass is 32.2. The number of carboxylic acids is 1. The Hall–Kier alpha value is -4.04. The summed E-state index contributed by atoms with van der Waals surface area (Å²) in [6, 6.07) is 18.9. The first kappa shape index (κ1) is 36.7. The number of anilines is 1. The van der Waals surface area contributed by atoms with Crippen LogP contribution in [0.3, 0.4) is 0 Å². The molecule has 2 aliphatic heterocycles. The molecule has 0 radical (unpaired) electrons. The zero-order chi connectivity index (χ0) is 36.7. The number of benzene rings is 4. The van der Waals surface area contributed by atoms with Crippen LogP contribution in [0, 0.1) is 0 Å². The van der Waals surface area contributed by atoms with Gasteiger partial charge in [-0.1, -0.05) is 43.2 Å². The van der Waals surface area contributed by atoms with Crippen molar-refractivity contribution in [1.82, 2.24) is 0 Å². The molecule has 51 heavy (non-hydrogen) atoms. The van der Waals surface area contributed by atoms with Gasteiger partial charge in [0.25, 0.3) is 10.1 Å². The maximum absolute atomic E-state index is 11.9. The topological polar surface area (TPSA) is 137 Å². The molecule has 4 aromatic carbocycles. The van der Waals surface area contributed by atoms with E-state index in [9.17, 15) is 17.8 Å². The van der Waals surface area contributed by atoms with Gasteiger partial charge < -0.3 is 10.0 Å². The number of rotatable bonds is 13. The van der Waals surface area contributed by atoms with Crippen molar-refractivity contribution in [3.8, 4) is 0 Å². The number of unbranched alkanes of at least 4 members (excludes halogenated alkanes) is 2. The summed E-state index contributed by atoms with van der Waals surface area (Å²) in [5, 5.41) is 25.4. The van der Waals surface area contributed by atoms with Gasteiger partial charge in [0.05, 0.1) is 22.4 Å². The van der Waals surface area contributed by atoms with Gasteiger partial charge in [0.1, 0.15) is 6.54 Å². The van der Waals surface area contributed by atoms with Crippen molar-refractivity contribution in [2.45, 2.75) is 80.9 Å². The Bertz CT molecular complexity index is 2240. The third-order valence-corrected chi connectivity index (χ3v) is 11.6. The Labute approximate surface area is 302 Å². The van der Waals surface area contributed by atoms with Crippen LogP contribution in [0.25, 0.3) is 21.5 Å². The second-order valence-electron chi connectivity index (χ2n) is 14.0. The highest BCUT2D eigenvalue weighted by Crippen LogP contribution is 2.51. The SMILES string of the molecule is CCN1/C(=C\C=C\C2=[N+](CCCCCC(=O)O)c3ccc4cc(SOOO)ccc4c3C2(C)C)C(C)(C)c2c1ccc1cc(S(=O)(=O)O)ccc21. The lowest BCUT2D eigenvalue weighted by Crippen LogP contribution is -2.28. The maximum Gasteiger partial charge on any atom is 0.303 e. The summed E-state index contributed by atoms with van der Waals surface area (Å²) in [4.78, 5) is 14.1. The van der Waals surface area contributed by atoms with Crippen molar-refractivity contribution in [2.24, 2.45) is 0 Å². The fourth-order valence-corrected chi connectivity index (χ4v) is 8.87. The molecule has 0 bridgehead atoms. The van der Waals surface area contributed by atoms with Gasteiger partial charge in [-0.25, -0.2) is 5.26 Å². The number of allylic oxidation sites excluding steroid dienone is 4. The van der Waals surface area contributed by atoms with Gasteiger partial charge in [-0.3, -0.25) is 9.35 Å². The molecule has 0 atom stereocenters. The van der Waals surface area contributed by atoms with Crippen LogP contribution in [0.4, 0.5) is 11.4 Å². The third-order valence-electron chi connectivity index (χ3n) is 10.2. The summed E-state index contributed by atoms with van der Waals surface area (Å²) in [7, 11) is -4.33. The minimum atomic E-state index is -4.33. The number of hydrogen-bond acceptors (Lipinski definition) is 8. The molecule has 0 aromatic heterocycles. The van der Waals surface area contributed by atoms with E-state index in [2.05, 4.69) is 89.9 Å². The summed E-state index contributed by atoms with van der Waals surface area (Å²) in [5.41, 5.74) is 5.96. The summed E-state index contributed by atoms with van der Waals surface area (Å²) < 4.78 is 40.4. The zero-order valence-corrected chi connectivity index (χ0v) is 31.0. The number of carboxylic acid groups (broad SMARTS) is 1. The molecule has 2 heterocycles. The first-order valence-electron chi connectivity index (χ1n) is 17.0. The number of aliphatic carboxylic acids is 1. The van der Waals surface area contributed by atoms with E-state index in [0.29, 0.717) is 6.42 Å². The molecule has 268 valence electrons. The van der Waals surface area contributed by atoms with E-state index in [1.807, 2.05) is 24.3 Å². The number of fused-ring (bicyclic) bond motifs is 6. The van der Waals surface area contributed by atoms with E-state index in [0.717, 1.165) is 92.8 Å². The summed E-state index contributed by atoms with van der Waals surface area (Å²) in [6.45, 7) is 12.4. The van der Waals surface area contributed by atoms with E-state index < -0.39 is 21.5 Å². The molecule has 0 fully saturated rings. The molecule has 4 aromatic rings. The molecule has 6 rings (SSSR count). The first-order valence-corrected chi connectivity index (χ1v) is 19.2. The Kier molecular flexibility index (Phi) is 10.2. The maximum atomic E-state index is 11.9. The molecule has 3 N–H and O–H groups in total. The van der Waals surface area contributed by atoms with Gasteiger partial charge in [-0.15, -0.1) is 4.33 Å². The number of likely N-dealkylation sites (N-methyl/N-ethyl adjacent to an activating group) is 1. The molecule has 0 aliphatic carbocycles. The Morgan fingerprint density at radius 1 is 0.922 bits per heavy atom.